The van der Waals surface area contributed by atoms with E-state index in [9.17, 15) is 0 Å². The van der Waals surface area contributed by atoms with E-state index < -0.39 is 5.41 Å². The SMILES string of the molecule is c1ccc(-c2cc(-c3ccccc3)nc(-c3cc4c(cc3-c3nc(-c5ccccc5)nc(-c5ccccc5)n3)C(c3ccccc3)(c3ccccc3)c3ccccc3-4)n2)cc1. The molecule has 0 bridgehead atoms. The molecule has 0 aliphatic heterocycles. The van der Waals surface area contributed by atoms with E-state index in [4.69, 9.17) is 24.9 Å². The molecule has 0 saturated carbocycles. The van der Waals surface area contributed by atoms with Gasteiger partial charge in [-0.2, -0.15) is 0 Å². The summed E-state index contributed by atoms with van der Waals surface area (Å²) in [4.78, 5) is 26.6. The van der Waals surface area contributed by atoms with Gasteiger partial charge in [0.15, 0.2) is 23.3 Å². The molecule has 2 aromatic heterocycles. The van der Waals surface area contributed by atoms with Crippen molar-refractivity contribution >= 4 is 0 Å². The lowest BCUT2D eigenvalue weighted by Crippen LogP contribution is -2.28. The van der Waals surface area contributed by atoms with Gasteiger partial charge in [-0.15, -0.1) is 0 Å². The molecule has 0 N–H and O–H groups in total. The van der Waals surface area contributed by atoms with Gasteiger partial charge in [-0.1, -0.05) is 206 Å². The summed E-state index contributed by atoms with van der Waals surface area (Å²) in [5, 5.41) is 0. The van der Waals surface area contributed by atoms with Crippen LogP contribution in [0.4, 0.5) is 0 Å². The van der Waals surface area contributed by atoms with Crippen LogP contribution in [0.5, 0.6) is 0 Å². The standard InChI is InChI=1S/C56H37N5/c1-7-21-38(22-8-1)50-37-51(39-23-9-2-10-24-39)58-54(57-50)46-35-45-44-33-19-20-34-48(44)56(42-29-15-5-16-30-42,43-31-17-6-18-32-43)49(45)36-47(46)55-60-52(40-25-11-3-12-26-40)59-53(61-55)41-27-13-4-14-28-41/h1-37H. The van der Waals surface area contributed by atoms with E-state index >= 15 is 0 Å². The van der Waals surface area contributed by atoms with Crippen LogP contribution < -0.4 is 0 Å². The summed E-state index contributed by atoms with van der Waals surface area (Å²) in [7, 11) is 0. The summed E-state index contributed by atoms with van der Waals surface area (Å²) in [6.07, 6.45) is 0. The Labute approximate surface area is 354 Å². The molecule has 0 amide bonds. The Kier molecular flexibility index (Phi) is 8.98. The van der Waals surface area contributed by atoms with Gasteiger partial charge in [0.1, 0.15) is 0 Å². The number of benzene rings is 8. The second kappa shape index (κ2) is 15.2. The van der Waals surface area contributed by atoms with Crippen LogP contribution in [0.2, 0.25) is 0 Å². The maximum atomic E-state index is 5.40. The molecule has 5 heteroatoms. The van der Waals surface area contributed by atoms with Crippen molar-refractivity contribution in [3.8, 4) is 79.2 Å². The molecule has 1 aliphatic carbocycles. The molecule has 0 atom stereocenters. The first-order valence-corrected chi connectivity index (χ1v) is 20.5. The molecule has 11 rings (SSSR count). The lowest BCUT2D eigenvalue weighted by Gasteiger charge is -2.34. The van der Waals surface area contributed by atoms with Crippen LogP contribution in [0.3, 0.4) is 0 Å². The van der Waals surface area contributed by atoms with Gasteiger partial charge in [-0.3, -0.25) is 0 Å². The Morgan fingerprint density at radius 1 is 0.246 bits per heavy atom. The summed E-state index contributed by atoms with van der Waals surface area (Å²) in [5.41, 5.74) is 13.4. The normalized spacial score (nSPS) is 12.4. The Balaban J connectivity index is 1.28. The molecule has 0 unspecified atom stereocenters. The largest absolute Gasteiger partial charge is 0.228 e. The highest BCUT2D eigenvalue weighted by molar-refractivity contribution is 5.93. The molecule has 1 aliphatic rings. The van der Waals surface area contributed by atoms with E-state index in [-0.39, 0.29) is 0 Å². The first-order valence-electron chi connectivity index (χ1n) is 20.5. The first-order chi connectivity index (χ1) is 30.2. The highest BCUT2D eigenvalue weighted by Gasteiger charge is 2.46. The lowest BCUT2D eigenvalue weighted by molar-refractivity contribution is 0.768. The highest BCUT2D eigenvalue weighted by Crippen LogP contribution is 2.57. The minimum absolute atomic E-state index is 0.534. The molecule has 0 spiro atoms. The molecule has 286 valence electrons. The molecule has 10 aromatic rings. The molecular weight excluding hydrogens is 743 g/mol. The number of rotatable bonds is 8. The van der Waals surface area contributed by atoms with Crippen molar-refractivity contribution in [3.63, 3.8) is 0 Å². The van der Waals surface area contributed by atoms with Crippen molar-refractivity contribution in [1.29, 1.82) is 0 Å². The van der Waals surface area contributed by atoms with Gasteiger partial charge in [0, 0.05) is 33.4 Å². The molecule has 0 radical (unpaired) electrons. The monoisotopic (exact) mass is 779 g/mol. The Morgan fingerprint density at radius 3 is 1.11 bits per heavy atom. The van der Waals surface area contributed by atoms with Gasteiger partial charge in [-0.25, -0.2) is 24.9 Å². The van der Waals surface area contributed by atoms with Crippen molar-refractivity contribution in [2.24, 2.45) is 0 Å². The van der Waals surface area contributed by atoms with Gasteiger partial charge in [0.2, 0.25) is 0 Å². The maximum absolute atomic E-state index is 5.40. The fourth-order valence-electron chi connectivity index (χ4n) is 8.87. The van der Waals surface area contributed by atoms with E-state index in [0.29, 0.717) is 23.3 Å². The first kappa shape index (κ1) is 36.0. The topological polar surface area (TPSA) is 64.5 Å². The summed E-state index contributed by atoms with van der Waals surface area (Å²) >= 11 is 0. The summed E-state index contributed by atoms with van der Waals surface area (Å²) < 4.78 is 0. The molecule has 5 nitrogen and oxygen atoms in total. The average molecular weight is 780 g/mol. The van der Waals surface area contributed by atoms with Crippen LogP contribution in [0.25, 0.3) is 79.2 Å². The zero-order valence-corrected chi connectivity index (χ0v) is 33.1. The van der Waals surface area contributed by atoms with Crippen molar-refractivity contribution < 1.29 is 0 Å². The van der Waals surface area contributed by atoms with E-state index in [2.05, 4.69) is 127 Å². The third-order valence-electron chi connectivity index (χ3n) is 11.6. The number of hydrogen-bond acceptors (Lipinski definition) is 5. The van der Waals surface area contributed by atoms with Crippen molar-refractivity contribution in [1.82, 2.24) is 24.9 Å². The zero-order valence-electron chi connectivity index (χ0n) is 33.1. The second-order valence-electron chi connectivity index (χ2n) is 15.2. The Morgan fingerprint density at radius 2 is 0.623 bits per heavy atom. The zero-order chi connectivity index (χ0) is 40.6. The average Bonchev–Trinajstić information content (AvgIpc) is 3.65. The fourth-order valence-corrected chi connectivity index (χ4v) is 8.87. The van der Waals surface area contributed by atoms with E-state index in [1.165, 1.54) is 16.7 Å². The molecule has 0 saturated heterocycles. The van der Waals surface area contributed by atoms with E-state index in [1.807, 2.05) is 97.1 Å². The van der Waals surface area contributed by atoms with Crippen molar-refractivity contribution in [3.05, 3.63) is 247 Å². The van der Waals surface area contributed by atoms with Crippen LogP contribution in [-0.2, 0) is 5.41 Å². The quantitative estimate of drug-likeness (QED) is 0.154. The minimum atomic E-state index is -0.652. The maximum Gasteiger partial charge on any atom is 0.164 e. The molecule has 0 fully saturated rings. The van der Waals surface area contributed by atoms with Crippen LogP contribution in [0.15, 0.2) is 224 Å². The van der Waals surface area contributed by atoms with Crippen LogP contribution in [0.1, 0.15) is 22.3 Å². The molecular formula is C56H37N5. The van der Waals surface area contributed by atoms with Gasteiger partial charge in [-0.05, 0) is 51.6 Å². The Hall–Kier alpha value is -8.15. The molecule has 2 heterocycles. The second-order valence-corrected chi connectivity index (χ2v) is 15.2. The van der Waals surface area contributed by atoms with Crippen molar-refractivity contribution in [2.75, 3.05) is 0 Å². The number of fused-ring (bicyclic) bond motifs is 3. The smallest absolute Gasteiger partial charge is 0.164 e. The number of nitrogens with zero attached hydrogens (tertiary/aromatic N) is 5. The third kappa shape index (κ3) is 6.31. The summed E-state index contributed by atoms with van der Waals surface area (Å²) in [6.45, 7) is 0. The Bertz CT molecular complexity index is 3000. The highest BCUT2D eigenvalue weighted by atomic mass is 15.0. The van der Waals surface area contributed by atoms with Gasteiger partial charge in [0.05, 0.1) is 16.8 Å². The lowest BCUT2D eigenvalue weighted by atomic mass is 9.67. The number of hydrogen-bond donors (Lipinski definition) is 0. The third-order valence-corrected chi connectivity index (χ3v) is 11.6. The van der Waals surface area contributed by atoms with Gasteiger partial charge in [0.25, 0.3) is 0 Å². The summed E-state index contributed by atoms with van der Waals surface area (Å²) in [5.74, 6) is 2.28. The molecule has 61 heavy (non-hydrogen) atoms. The fraction of sp³-hybridized carbons (Fsp3) is 0.0179. The van der Waals surface area contributed by atoms with E-state index in [1.54, 1.807) is 0 Å². The van der Waals surface area contributed by atoms with Crippen LogP contribution in [-0.4, -0.2) is 24.9 Å². The predicted octanol–water partition coefficient (Wildman–Crippen LogP) is 13.0. The van der Waals surface area contributed by atoms with Gasteiger partial charge >= 0.3 is 0 Å². The number of aromatic nitrogens is 5. The minimum Gasteiger partial charge on any atom is -0.228 e. The van der Waals surface area contributed by atoms with E-state index in [0.717, 1.165) is 61.5 Å². The van der Waals surface area contributed by atoms with Crippen LogP contribution >= 0.6 is 0 Å². The predicted molar refractivity (Wildman–Crippen MR) is 245 cm³/mol. The molecule has 8 aromatic carbocycles. The van der Waals surface area contributed by atoms with Crippen molar-refractivity contribution in [2.45, 2.75) is 5.41 Å². The summed E-state index contributed by atoms with van der Waals surface area (Å²) in [6, 6.07) is 78.0. The van der Waals surface area contributed by atoms with Gasteiger partial charge < -0.3 is 0 Å². The van der Waals surface area contributed by atoms with Crippen LogP contribution in [0, 0.1) is 0 Å².